The molecular formula is C16H11ClN2O2S. The Balaban J connectivity index is 1.92. The second-order valence-electron chi connectivity index (χ2n) is 4.56. The number of amidine groups is 1. The van der Waals surface area contributed by atoms with Gasteiger partial charge in [-0.25, -0.2) is 0 Å². The number of carbonyl (C=O) groups is 2. The van der Waals surface area contributed by atoms with Crippen molar-refractivity contribution in [3.05, 3.63) is 65.2 Å². The zero-order valence-corrected chi connectivity index (χ0v) is 13.0. The normalized spacial score (nSPS) is 16.3. The molecule has 0 N–H and O–H groups in total. The molecule has 1 heterocycles. The Morgan fingerprint density at radius 2 is 1.77 bits per heavy atom. The van der Waals surface area contributed by atoms with Crippen LogP contribution in [0, 0.1) is 0 Å². The first-order valence-electron chi connectivity index (χ1n) is 6.54. The molecule has 1 aliphatic heterocycles. The molecule has 2 amide bonds. The van der Waals surface area contributed by atoms with Crippen LogP contribution >= 0.6 is 23.4 Å². The third-order valence-electron chi connectivity index (χ3n) is 3.07. The van der Waals surface area contributed by atoms with Crippen LogP contribution in [0.3, 0.4) is 0 Å². The van der Waals surface area contributed by atoms with Crippen LogP contribution in [0.2, 0.25) is 5.02 Å². The maximum atomic E-state index is 12.2. The molecule has 2 aromatic carbocycles. The van der Waals surface area contributed by atoms with E-state index in [0.717, 1.165) is 0 Å². The maximum Gasteiger partial charge on any atom is 0.279 e. The predicted molar refractivity (Wildman–Crippen MR) is 89.6 cm³/mol. The van der Waals surface area contributed by atoms with Gasteiger partial charge in [-0.3, -0.25) is 14.5 Å². The first-order valence-corrected chi connectivity index (χ1v) is 7.91. The molecule has 1 aliphatic rings. The van der Waals surface area contributed by atoms with Gasteiger partial charge in [0.25, 0.3) is 5.91 Å². The van der Waals surface area contributed by atoms with Crippen molar-refractivity contribution in [1.29, 1.82) is 0 Å². The lowest BCUT2D eigenvalue weighted by Crippen LogP contribution is -2.29. The standard InChI is InChI=1S/C16H11ClN2O2S/c17-12-6-8-13(9-7-12)19-14(20)10-22-16(19)18-15(21)11-4-2-1-3-5-11/h1-9H,10H2. The van der Waals surface area contributed by atoms with Crippen LogP contribution < -0.4 is 4.90 Å². The van der Waals surface area contributed by atoms with Gasteiger partial charge in [-0.05, 0) is 36.4 Å². The summed E-state index contributed by atoms with van der Waals surface area (Å²) in [5, 5.41) is 0.975. The fourth-order valence-corrected chi connectivity index (χ4v) is 3.01. The third kappa shape index (κ3) is 3.05. The number of aliphatic imine (C=N–C) groups is 1. The SMILES string of the molecule is O=C(N=C1SCC(=O)N1c1ccc(Cl)cc1)c1ccccc1. The number of hydrogen-bond acceptors (Lipinski definition) is 3. The lowest BCUT2D eigenvalue weighted by molar-refractivity contribution is -0.115. The van der Waals surface area contributed by atoms with Crippen molar-refractivity contribution in [3.8, 4) is 0 Å². The summed E-state index contributed by atoms with van der Waals surface area (Å²) >= 11 is 7.12. The lowest BCUT2D eigenvalue weighted by Gasteiger charge is -2.15. The van der Waals surface area contributed by atoms with Crippen molar-refractivity contribution in [2.75, 3.05) is 10.7 Å². The maximum absolute atomic E-state index is 12.2. The highest BCUT2D eigenvalue weighted by atomic mass is 35.5. The molecule has 0 radical (unpaired) electrons. The third-order valence-corrected chi connectivity index (χ3v) is 4.24. The summed E-state index contributed by atoms with van der Waals surface area (Å²) in [5.41, 5.74) is 1.14. The van der Waals surface area contributed by atoms with Crippen LogP contribution in [-0.2, 0) is 4.79 Å². The number of thioether (sulfide) groups is 1. The van der Waals surface area contributed by atoms with E-state index in [1.54, 1.807) is 48.5 Å². The van der Waals surface area contributed by atoms with Crippen molar-refractivity contribution in [2.45, 2.75) is 0 Å². The highest BCUT2D eigenvalue weighted by Crippen LogP contribution is 2.28. The first kappa shape index (κ1) is 14.8. The van der Waals surface area contributed by atoms with E-state index in [9.17, 15) is 9.59 Å². The highest BCUT2D eigenvalue weighted by molar-refractivity contribution is 8.15. The van der Waals surface area contributed by atoms with E-state index in [1.807, 2.05) is 6.07 Å². The van der Waals surface area contributed by atoms with Crippen LogP contribution in [0.15, 0.2) is 59.6 Å². The molecule has 6 heteroatoms. The molecule has 0 unspecified atom stereocenters. The molecule has 3 rings (SSSR count). The fraction of sp³-hybridized carbons (Fsp3) is 0.0625. The van der Waals surface area contributed by atoms with Crippen LogP contribution in [0.1, 0.15) is 10.4 Å². The summed E-state index contributed by atoms with van der Waals surface area (Å²) in [5.74, 6) is -0.201. The average molecular weight is 331 g/mol. The Bertz CT molecular complexity index is 745. The number of benzene rings is 2. The van der Waals surface area contributed by atoms with Gasteiger partial charge in [-0.1, -0.05) is 41.6 Å². The molecule has 1 fully saturated rings. The van der Waals surface area contributed by atoms with E-state index in [-0.39, 0.29) is 17.6 Å². The number of carbonyl (C=O) groups excluding carboxylic acids is 2. The van der Waals surface area contributed by atoms with Crippen molar-refractivity contribution in [2.24, 2.45) is 4.99 Å². The number of halogens is 1. The van der Waals surface area contributed by atoms with Gasteiger partial charge in [0.1, 0.15) is 0 Å². The van der Waals surface area contributed by atoms with Crippen LogP contribution in [-0.4, -0.2) is 22.7 Å². The van der Waals surface area contributed by atoms with E-state index in [4.69, 9.17) is 11.6 Å². The van der Waals surface area contributed by atoms with E-state index in [1.165, 1.54) is 16.7 Å². The zero-order valence-electron chi connectivity index (χ0n) is 11.4. The monoisotopic (exact) mass is 330 g/mol. The molecule has 0 atom stereocenters. The lowest BCUT2D eigenvalue weighted by atomic mass is 10.2. The second kappa shape index (κ2) is 6.34. The molecule has 0 aromatic heterocycles. The number of rotatable bonds is 2. The Morgan fingerprint density at radius 3 is 2.45 bits per heavy atom. The summed E-state index contributed by atoms with van der Waals surface area (Å²) in [7, 11) is 0. The average Bonchev–Trinajstić information content (AvgIpc) is 2.90. The summed E-state index contributed by atoms with van der Waals surface area (Å²) in [6.45, 7) is 0. The van der Waals surface area contributed by atoms with Gasteiger partial charge in [0.2, 0.25) is 5.91 Å². The summed E-state index contributed by atoms with van der Waals surface area (Å²) in [6, 6.07) is 15.6. The Morgan fingerprint density at radius 1 is 1.09 bits per heavy atom. The number of anilines is 1. The number of nitrogens with zero attached hydrogens (tertiary/aromatic N) is 2. The van der Waals surface area contributed by atoms with Gasteiger partial charge in [0, 0.05) is 10.6 Å². The van der Waals surface area contributed by atoms with E-state index >= 15 is 0 Å². The summed E-state index contributed by atoms with van der Waals surface area (Å²) in [6.07, 6.45) is 0. The van der Waals surface area contributed by atoms with Crippen molar-refractivity contribution in [3.63, 3.8) is 0 Å². The quantitative estimate of drug-likeness (QED) is 0.845. The molecule has 2 aromatic rings. The highest BCUT2D eigenvalue weighted by Gasteiger charge is 2.30. The summed E-state index contributed by atoms with van der Waals surface area (Å²) in [4.78, 5) is 29.8. The summed E-state index contributed by atoms with van der Waals surface area (Å²) < 4.78 is 0. The molecule has 0 spiro atoms. The minimum Gasteiger partial charge on any atom is -0.273 e. The van der Waals surface area contributed by atoms with Gasteiger partial charge in [-0.15, -0.1) is 0 Å². The van der Waals surface area contributed by atoms with Crippen LogP contribution in [0.25, 0.3) is 0 Å². The number of amides is 2. The smallest absolute Gasteiger partial charge is 0.273 e. The predicted octanol–water partition coefficient (Wildman–Crippen LogP) is 3.62. The Hall–Kier alpha value is -2.11. The molecule has 0 bridgehead atoms. The second-order valence-corrected chi connectivity index (χ2v) is 5.94. The Labute approximate surface area is 136 Å². The van der Waals surface area contributed by atoms with Gasteiger partial charge >= 0.3 is 0 Å². The Kier molecular flexibility index (Phi) is 4.27. The molecule has 0 saturated carbocycles. The van der Waals surface area contributed by atoms with Gasteiger partial charge in [0.15, 0.2) is 5.17 Å². The molecule has 4 nitrogen and oxygen atoms in total. The van der Waals surface area contributed by atoms with Crippen LogP contribution in [0.5, 0.6) is 0 Å². The largest absolute Gasteiger partial charge is 0.279 e. The molecular weight excluding hydrogens is 320 g/mol. The van der Waals surface area contributed by atoms with E-state index in [0.29, 0.717) is 21.4 Å². The van der Waals surface area contributed by atoms with Gasteiger partial charge in [-0.2, -0.15) is 4.99 Å². The molecule has 1 saturated heterocycles. The fourth-order valence-electron chi connectivity index (χ4n) is 2.02. The minimum absolute atomic E-state index is 0.105. The first-order chi connectivity index (χ1) is 10.6. The van der Waals surface area contributed by atoms with Gasteiger partial charge in [0.05, 0.1) is 11.4 Å². The zero-order chi connectivity index (χ0) is 15.5. The van der Waals surface area contributed by atoms with Gasteiger partial charge < -0.3 is 0 Å². The van der Waals surface area contributed by atoms with Crippen molar-refractivity contribution >= 4 is 46.0 Å². The molecule has 0 aliphatic carbocycles. The van der Waals surface area contributed by atoms with E-state index in [2.05, 4.69) is 4.99 Å². The van der Waals surface area contributed by atoms with Crippen molar-refractivity contribution in [1.82, 2.24) is 0 Å². The topological polar surface area (TPSA) is 49.7 Å². The number of hydrogen-bond donors (Lipinski definition) is 0. The van der Waals surface area contributed by atoms with Crippen molar-refractivity contribution < 1.29 is 9.59 Å². The molecule has 110 valence electrons. The van der Waals surface area contributed by atoms with Crippen LogP contribution in [0.4, 0.5) is 5.69 Å². The van der Waals surface area contributed by atoms with E-state index < -0.39 is 0 Å². The minimum atomic E-state index is -0.364. The molecule has 22 heavy (non-hydrogen) atoms.